The summed E-state index contributed by atoms with van der Waals surface area (Å²) in [6, 6.07) is 5.20. The number of benzene rings is 1. The van der Waals surface area contributed by atoms with Crippen molar-refractivity contribution in [1.82, 2.24) is 0 Å². The van der Waals surface area contributed by atoms with Gasteiger partial charge >= 0.3 is 5.97 Å². The normalized spacial score (nSPS) is 9.69. The van der Waals surface area contributed by atoms with Crippen molar-refractivity contribution >= 4 is 11.7 Å². The van der Waals surface area contributed by atoms with Gasteiger partial charge in [0.05, 0.1) is 11.3 Å². The van der Waals surface area contributed by atoms with Crippen molar-refractivity contribution in [2.45, 2.75) is 13.3 Å². The van der Waals surface area contributed by atoms with Crippen LogP contribution in [0.1, 0.15) is 22.8 Å². The van der Waals surface area contributed by atoms with Gasteiger partial charge in [0.2, 0.25) is 0 Å². The van der Waals surface area contributed by atoms with Gasteiger partial charge in [-0.05, 0) is 18.1 Å². The Morgan fingerprint density at radius 1 is 1.62 bits per heavy atom. The van der Waals surface area contributed by atoms with Crippen LogP contribution < -0.4 is 11.3 Å². The average Bonchev–Trinajstić information content (AvgIpc) is 2.16. The van der Waals surface area contributed by atoms with Crippen LogP contribution in [0.4, 0.5) is 5.69 Å². The van der Waals surface area contributed by atoms with Gasteiger partial charge in [0.1, 0.15) is 0 Å². The molecule has 0 amide bonds. The molecule has 0 aromatic heterocycles. The molecule has 1 rings (SSSR count). The van der Waals surface area contributed by atoms with E-state index in [1.807, 2.05) is 6.92 Å². The van der Waals surface area contributed by atoms with Crippen LogP contribution in [-0.2, 0) is 6.42 Å². The van der Waals surface area contributed by atoms with E-state index in [0.717, 1.165) is 5.56 Å². The predicted octanol–water partition coefficient (Wildman–Crippen LogP) is 1.23. The average molecular weight is 180 g/mol. The number of aromatic carboxylic acids is 1. The highest BCUT2D eigenvalue weighted by Gasteiger charge is 2.12. The second-order valence-corrected chi connectivity index (χ2v) is 2.64. The Morgan fingerprint density at radius 2 is 2.31 bits per heavy atom. The highest BCUT2D eigenvalue weighted by Crippen LogP contribution is 2.19. The van der Waals surface area contributed by atoms with Crippen molar-refractivity contribution in [3.05, 3.63) is 29.3 Å². The summed E-state index contributed by atoms with van der Waals surface area (Å²) in [6.07, 6.45) is 0.678. The molecule has 0 radical (unpaired) electrons. The summed E-state index contributed by atoms with van der Waals surface area (Å²) in [4.78, 5) is 10.9. The minimum atomic E-state index is -0.953. The second-order valence-electron chi connectivity index (χ2n) is 2.64. The number of carboxylic acids is 1. The molecule has 1 aromatic rings. The predicted molar refractivity (Wildman–Crippen MR) is 50.6 cm³/mol. The fourth-order valence-corrected chi connectivity index (χ4v) is 1.27. The van der Waals surface area contributed by atoms with Crippen molar-refractivity contribution in [3.8, 4) is 0 Å². The zero-order valence-corrected chi connectivity index (χ0v) is 7.37. The summed E-state index contributed by atoms with van der Waals surface area (Å²) in [6.45, 7) is 1.90. The van der Waals surface area contributed by atoms with Crippen molar-refractivity contribution in [1.29, 1.82) is 0 Å². The van der Waals surface area contributed by atoms with Gasteiger partial charge in [-0.2, -0.15) is 0 Å². The van der Waals surface area contributed by atoms with E-state index < -0.39 is 5.97 Å². The largest absolute Gasteiger partial charge is 0.478 e. The molecule has 0 saturated carbocycles. The van der Waals surface area contributed by atoms with Crippen LogP contribution in [-0.4, -0.2) is 11.1 Å². The Hall–Kier alpha value is -1.55. The van der Waals surface area contributed by atoms with E-state index in [0.29, 0.717) is 12.1 Å². The Kier molecular flexibility index (Phi) is 2.87. The highest BCUT2D eigenvalue weighted by molar-refractivity contribution is 5.95. The molecule has 0 heterocycles. The minimum absolute atomic E-state index is 0.257. The summed E-state index contributed by atoms with van der Waals surface area (Å²) < 4.78 is 0. The van der Waals surface area contributed by atoms with Crippen LogP contribution in [0.2, 0.25) is 0 Å². The summed E-state index contributed by atoms with van der Waals surface area (Å²) in [5, 5.41) is 8.91. The maximum Gasteiger partial charge on any atom is 0.338 e. The van der Waals surface area contributed by atoms with Gasteiger partial charge < -0.3 is 10.5 Å². The molecule has 0 fully saturated rings. The highest BCUT2D eigenvalue weighted by atomic mass is 16.4. The van der Waals surface area contributed by atoms with E-state index in [9.17, 15) is 4.79 Å². The lowest BCUT2D eigenvalue weighted by molar-refractivity contribution is 0.0697. The summed E-state index contributed by atoms with van der Waals surface area (Å²) in [5.41, 5.74) is 3.86. The summed E-state index contributed by atoms with van der Waals surface area (Å²) in [7, 11) is 0. The maximum absolute atomic E-state index is 10.9. The molecule has 13 heavy (non-hydrogen) atoms. The molecule has 0 aliphatic carbocycles. The van der Waals surface area contributed by atoms with Crippen molar-refractivity contribution in [2.24, 2.45) is 5.84 Å². The first kappa shape index (κ1) is 9.54. The first-order valence-electron chi connectivity index (χ1n) is 4.02. The van der Waals surface area contributed by atoms with E-state index >= 15 is 0 Å². The number of anilines is 1. The lowest BCUT2D eigenvalue weighted by Crippen LogP contribution is -2.13. The summed E-state index contributed by atoms with van der Waals surface area (Å²) in [5.74, 6) is 4.25. The third-order valence-corrected chi connectivity index (χ3v) is 1.90. The fourth-order valence-electron chi connectivity index (χ4n) is 1.27. The molecule has 1 aromatic carbocycles. The fraction of sp³-hybridized carbons (Fsp3) is 0.222. The lowest BCUT2D eigenvalue weighted by atomic mass is 10.0. The molecule has 70 valence electrons. The zero-order valence-electron chi connectivity index (χ0n) is 7.37. The molecule has 0 aliphatic rings. The van der Waals surface area contributed by atoms with E-state index in [2.05, 4.69) is 5.43 Å². The van der Waals surface area contributed by atoms with Crippen LogP contribution in [0, 0.1) is 0 Å². The molecule has 0 atom stereocenters. The first-order chi connectivity index (χ1) is 6.20. The van der Waals surface area contributed by atoms with Gasteiger partial charge in [-0.1, -0.05) is 19.1 Å². The van der Waals surface area contributed by atoms with Crippen molar-refractivity contribution in [2.75, 3.05) is 5.43 Å². The number of hydrogen-bond donors (Lipinski definition) is 3. The van der Waals surface area contributed by atoms with Crippen molar-refractivity contribution in [3.63, 3.8) is 0 Å². The molecule has 4 nitrogen and oxygen atoms in total. The monoisotopic (exact) mass is 180 g/mol. The molecular weight excluding hydrogens is 168 g/mol. The second kappa shape index (κ2) is 3.91. The molecule has 0 spiro atoms. The van der Waals surface area contributed by atoms with Gasteiger partial charge in [0.25, 0.3) is 0 Å². The van der Waals surface area contributed by atoms with Crippen LogP contribution in [0.25, 0.3) is 0 Å². The lowest BCUT2D eigenvalue weighted by Gasteiger charge is -2.08. The van der Waals surface area contributed by atoms with E-state index in [4.69, 9.17) is 10.9 Å². The molecular formula is C9H12N2O2. The SMILES string of the molecule is CCc1cccc(NN)c1C(=O)O. The number of aryl methyl sites for hydroxylation is 1. The third kappa shape index (κ3) is 1.78. The number of carboxylic acid groups (broad SMARTS) is 1. The Balaban J connectivity index is 3.29. The van der Waals surface area contributed by atoms with Crippen LogP contribution >= 0.6 is 0 Å². The van der Waals surface area contributed by atoms with E-state index in [-0.39, 0.29) is 5.56 Å². The van der Waals surface area contributed by atoms with E-state index in [1.165, 1.54) is 0 Å². The van der Waals surface area contributed by atoms with Gasteiger partial charge in [-0.25, -0.2) is 4.79 Å². The number of carbonyl (C=O) groups is 1. The Bertz CT molecular complexity index is 301. The molecule has 0 bridgehead atoms. The Morgan fingerprint density at radius 3 is 2.77 bits per heavy atom. The van der Waals surface area contributed by atoms with Crippen LogP contribution in [0.15, 0.2) is 18.2 Å². The molecule has 4 heteroatoms. The zero-order chi connectivity index (χ0) is 9.84. The van der Waals surface area contributed by atoms with Gasteiger partial charge in [0.15, 0.2) is 0 Å². The minimum Gasteiger partial charge on any atom is -0.478 e. The molecule has 0 aliphatic heterocycles. The molecule has 0 unspecified atom stereocenters. The third-order valence-electron chi connectivity index (χ3n) is 1.90. The smallest absolute Gasteiger partial charge is 0.338 e. The number of nitrogen functional groups attached to an aromatic ring is 1. The van der Waals surface area contributed by atoms with Crippen LogP contribution in [0.5, 0.6) is 0 Å². The maximum atomic E-state index is 10.9. The van der Waals surface area contributed by atoms with Crippen LogP contribution in [0.3, 0.4) is 0 Å². The van der Waals surface area contributed by atoms with Gasteiger partial charge in [0, 0.05) is 0 Å². The van der Waals surface area contributed by atoms with Gasteiger partial charge in [-0.15, -0.1) is 0 Å². The first-order valence-corrected chi connectivity index (χ1v) is 4.02. The topological polar surface area (TPSA) is 75.3 Å². The number of rotatable bonds is 3. The standard InChI is InChI=1S/C9H12N2O2/c1-2-6-4-3-5-7(11-10)8(6)9(12)13/h3-5,11H,2,10H2,1H3,(H,12,13). The number of nitrogens with one attached hydrogen (secondary N) is 1. The number of nitrogens with two attached hydrogens (primary N) is 1. The quantitative estimate of drug-likeness (QED) is 0.483. The van der Waals surface area contributed by atoms with Gasteiger partial charge in [-0.3, -0.25) is 5.84 Å². The number of hydrazine groups is 1. The summed E-state index contributed by atoms with van der Waals surface area (Å²) >= 11 is 0. The van der Waals surface area contributed by atoms with Crippen molar-refractivity contribution < 1.29 is 9.90 Å². The Labute approximate surface area is 76.3 Å². The number of hydrogen-bond acceptors (Lipinski definition) is 3. The molecule has 0 saturated heterocycles. The van der Waals surface area contributed by atoms with E-state index in [1.54, 1.807) is 18.2 Å². The molecule has 4 N–H and O–H groups in total.